The number of methoxy groups -OCH3 is 1. The second-order valence-corrected chi connectivity index (χ2v) is 4.96. The molecule has 0 radical (unpaired) electrons. The molecular weight excluding hydrogens is 258 g/mol. The van der Waals surface area contributed by atoms with Gasteiger partial charge in [0.15, 0.2) is 0 Å². The molecule has 0 spiro atoms. The highest BCUT2D eigenvalue weighted by Gasteiger charge is 2.16. The van der Waals surface area contributed by atoms with Crippen molar-refractivity contribution in [3.63, 3.8) is 0 Å². The summed E-state index contributed by atoms with van der Waals surface area (Å²) in [5, 5.41) is 4.08. The third-order valence-corrected chi connectivity index (χ3v) is 3.44. The second kappa shape index (κ2) is 6.09. The summed E-state index contributed by atoms with van der Waals surface area (Å²) in [5.74, 6) is 0.889. The van der Waals surface area contributed by atoms with Crippen molar-refractivity contribution in [1.29, 1.82) is 0 Å². The fraction of sp³-hybridized carbons (Fsp3) is 0.250. The van der Waals surface area contributed by atoms with Crippen molar-refractivity contribution in [2.24, 2.45) is 0 Å². The molecule has 0 saturated carbocycles. The van der Waals surface area contributed by atoms with Gasteiger partial charge in [-0.1, -0.05) is 41.4 Å². The first kappa shape index (κ1) is 13.9. The van der Waals surface area contributed by atoms with Crippen molar-refractivity contribution in [3.05, 3.63) is 64.2 Å². The summed E-state index contributed by atoms with van der Waals surface area (Å²) in [6, 6.07) is 14.2. The monoisotopic (exact) mass is 275 g/mol. The van der Waals surface area contributed by atoms with E-state index in [0.29, 0.717) is 0 Å². The molecule has 0 aliphatic carbocycles. The molecule has 1 atom stereocenters. The first-order valence-corrected chi connectivity index (χ1v) is 6.60. The van der Waals surface area contributed by atoms with Crippen LogP contribution in [0.3, 0.4) is 0 Å². The van der Waals surface area contributed by atoms with Crippen molar-refractivity contribution < 1.29 is 4.74 Å². The summed E-state index contributed by atoms with van der Waals surface area (Å²) in [6.45, 7) is 2.08. The van der Waals surface area contributed by atoms with Gasteiger partial charge in [-0.25, -0.2) is 0 Å². The summed E-state index contributed by atoms with van der Waals surface area (Å²) in [7, 11) is 3.64. The van der Waals surface area contributed by atoms with Gasteiger partial charge >= 0.3 is 0 Å². The van der Waals surface area contributed by atoms with Crippen LogP contribution in [0.5, 0.6) is 5.75 Å². The van der Waals surface area contributed by atoms with E-state index in [9.17, 15) is 0 Å². The maximum atomic E-state index is 5.94. The minimum Gasteiger partial charge on any atom is -0.496 e. The molecule has 0 saturated heterocycles. The smallest absolute Gasteiger partial charge is 0.123 e. The van der Waals surface area contributed by atoms with E-state index in [2.05, 4.69) is 24.4 Å². The van der Waals surface area contributed by atoms with Crippen molar-refractivity contribution in [1.82, 2.24) is 5.32 Å². The van der Waals surface area contributed by atoms with Crippen LogP contribution in [0.2, 0.25) is 5.02 Å². The molecule has 0 aliphatic heterocycles. The average Bonchev–Trinajstić information content (AvgIpc) is 2.42. The molecule has 0 aromatic heterocycles. The number of hydrogen-bond donors (Lipinski definition) is 1. The van der Waals surface area contributed by atoms with Crippen LogP contribution in [0, 0.1) is 6.92 Å². The Kier molecular flexibility index (Phi) is 4.46. The van der Waals surface area contributed by atoms with Gasteiger partial charge in [-0.05, 0) is 37.7 Å². The van der Waals surface area contributed by atoms with Gasteiger partial charge in [-0.2, -0.15) is 0 Å². The van der Waals surface area contributed by atoms with E-state index in [1.54, 1.807) is 7.11 Å². The molecule has 1 N–H and O–H groups in total. The summed E-state index contributed by atoms with van der Waals surface area (Å²) >= 11 is 5.94. The molecule has 1 unspecified atom stereocenters. The predicted molar refractivity (Wildman–Crippen MR) is 80.1 cm³/mol. The molecule has 0 amide bonds. The molecule has 3 heteroatoms. The summed E-state index contributed by atoms with van der Waals surface area (Å²) in [6.07, 6.45) is 0. The summed E-state index contributed by atoms with van der Waals surface area (Å²) in [5.41, 5.74) is 3.51. The Morgan fingerprint density at radius 1 is 1.11 bits per heavy atom. The number of aryl methyl sites for hydroxylation is 1. The molecule has 19 heavy (non-hydrogen) atoms. The SMILES string of the molecule is CNC(c1ccc(Cl)cc1)c1cc(C)ccc1OC. The molecule has 2 aromatic carbocycles. The van der Waals surface area contributed by atoms with Crippen LogP contribution in [0.1, 0.15) is 22.7 Å². The average molecular weight is 276 g/mol. The summed E-state index contributed by atoms with van der Waals surface area (Å²) in [4.78, 5) is 0. The zero-order valence-electron chi connectivity index (χ0n) is 11.4. The molecule has 2 aromatic rings. The normalized spacial score (nSPS) is 12.2. The minimum atomic E-state index is 0.0899. The van der Waals surface area contributed by atoms with Gasteiger partial charge in [0.1, 0.15) is 5.75 Å². The Balaban J connectivity index is 2.47. The van der Waals surface area contributed by atoms with Gasteiger partial charge in [0.05, 0.1) is 13.2 Å². The standard InChI is InChI=1S/C16H18ClNO/c1-11-4-9-15(19-3)14(10-11)16(18-2)12-5-7-13(17)8-6-12/h4-10,16,18H,1-3H3. The fourth-order valence-electron chi connectivity index (χ4n) is 2.24. The van der Waals surface area contributed by atoms with Crippen LogP contribution in [0.4, 0.5) is 0 Å². The van der Waals surface area contributed by atoms with Gasteiger partial charge in [-0.3, -0.25) is 0 Å². The highest BCUT2D eigenvalue weighted by molar-refractivity contribution is 6.30. The molecule has 100 valence electrons. The Morgan fingerprint density at radius 2 is 1.79 bits per heavy atom. The van der Waals surface area contributed by atoms with Gasteiger partial charge in [0.25, 0.3) is 0 Å². The highest BCUT2D eigenvalue weighted by Crippen LogP contribution is 2.31. The quantitative estimate of drug-likeness (QED) is 0.912. The highest BCUT2D eigenvalue weighted by atomic mass is 35.5. The number of ether oxygens (including phenoxy) is 1. The number of halogens is 1. The van der Waals surface area contributed by atoms with Gasteiger partial charge in [0, 0.05) is 10.6 Å². The van der Waals surface area contributed by atoms with E-state index in [-0.39, 0.29) is 6.04 Å². The van der Waals surface area contributed by atoms with Crippen LogP contribution in [-0.4, -0.2) is 14.2 Å². The lowest BCUT2D eigenvalue weighted by Crippen LogP contribution is -2.18. The van der Waals surface area contributed by atoms with Gasteiger partial charge < -0.3 is 10.1 Å². The van der Waals surface area contributed by atoms with Crippen LogP contribution >= 0.6 is 11.6 Å². The maximum Gasteiger partial charge on any atom is 0.123 e. The van der Waals surface area contributed by atoms with E-state index >= 15 is 0 Å². The Morgan fingerprint density at radius 3 is 2.37 bits per heavy atom. The Labute approximate surface area is 119 Å². The number of rotatable bonds is 4. The van der Waals surface area contributed by atoms with Gasteiger partial charge in [-0.15, -0.1) is 0 Å². The third-order valence-electron chi connectivity index (χ3n) is 3.19. The lowest BCUT2D eigenvalue weighted by Gasteiger charge is -2.20. The number of nitrogens with one attached hydrogen (secondary N) is 1. The van der Waals surface area contributed by atoms with Crippen molar-refractivity contribution in [2.45, 2.75) is 13.0 Å². The van der Waals surface area contributed by atoms with E-state index in [1.807, 2.05) is 37.4 Å². The Hall–Kier alpha value is -1.51. The summed E-state index contributed by atoms with van der Waals surface area (Å²) < 4.78 is 5.46. The molecule has 2 nitrogen and oxygen atoms in total. The zero-order chi connectivity index (χ0) is 13.8. The second-order valence-electron chi connectivity index (χ2n) is 4.52. The van der Waals surface area contributed by atoms with Crippen LogP contribution in [0.25, 0.3) is 0 Å². The van der Waals surface area contributed by atoms with E-state index in [0.717, 1.165) is 21.9 Å². The number of hydrogen-bond acceptors (Lipinski definition) is 2. The molecular formula is C16H18ClNO. The van der Waals surface area contributed by atoms with Gasteiger partial charge in [0.2, 0.25) is 0 Å². The van der Waals surface area contributed by atoms with Crippen LogP contribution < -0.4 is 10.1 Å². The fourth-order valence-corrected chi connectivity index (χ4v) is 2.36. The lowest BCUT2D eigenvalue weighted by atomic mass is 9.96. The van der Waals surface area contributed by atoms with E-state index in [4.69, 9.17) is 16.3 Å². The molecule has 0 aliphatic rings. The minimum absolute atomic E-state index is 0.0899. The van der Waals surface area contributed by atoms with Crippen LogP contribution in [0.15, 0.2) is 42.5 Å². The lowest BCUT2D eigenvalue weighted by molar-refractivity contribution is 0.405. The predicted octanol–water partition coefficient (Wildman–Crippen LogP) is 3.97. The Bertz CT molecular complexity index is 551. The molecule has 0 heterocycles. The maximum absolute atomic E-state index is 5.94. The topological polar surface area (TPSA) is 21.3 Å². The molecule has 0 bridgehead atoms. The zero-order valence-corrected chi connectivity index (χ0v) is 12.2. The first-order valence-electron chi connectivity index (χ1n) is 6.23. The van der Waals surface area contributed by atoms with Crippen molar-refractivity contribution in [3.8, 4) is 5.75 Å². The first-order chi connectivity index (χ1) is 9.15. The van der Waals surface area contributed by atoms with E-state index in [1.165, 1.54) is 5.56 Å². The third kappa shape index (κ3) is 3.09. The van der Waals surface area contributed by atoms with Crippen LogP contribution in [-0.2, 0) is 0 Å². The van der Waals surface area contributed by atoms with Crippen molar-refractivity contribution >= 4 is 11.6 Å². The molecule has 2 rings (SSSR count). The van der Waals surface area contributed by atoms with E-state index < -0.39 is 0 Å². The molecule has 0 fully saturated rings. The number of benzene rings is 2. The largest absolute Gasteiger partial charge is 0.496 e. The van der Waals surface area contributed by atoms with Crippen molar-refractivity contribution in [2.75, 3.05) is 14.2 Å².